The molecule has 0 radical (unpaired) electrons. The molecule has 4 aliphatic carbocycles. The summed E-state index contributed by atoms with van der Waals surface area (Å²) in [6.45, 7) is 3.93. The third kappa shape index (κ3) is 3.28. The zero-order valence-electron chi connectivity index (χ0n) is 15.1. The van der Waals surface area contributed by atoms with Crippen LogP contribution in [0.2, 0.25) is 0 Å². The molecule has 1 aromatic rings. The Morgan fingerprint density at radius 1 is 1.08 bits per heavy atom. The fourth-order valence-electron chi connectivity index (χ4n) is 5.96. The van der Waals surface area contributed by atoms with Crippen molar-refractivity contribution in [2.75, 3.05) is 0 Å². The van der Waals surface area contributed by atoms with Gasteiger partial charge in [0, 0.05) is 6.04 Å². The third-order valence-electron chi connectivity index (χ3n) is 6.86. The number of rotatable bonds is 5. The van der Waals surface area contributed by atoms with Gasteiger partial charge in [-0.25, -0.2) is 4.39 Å². The van der Waals surface area contributed by atoms with E-state index in [2.05, 4.69) is 12.2 Å². The molecule has 136 valence electrons. The van der Waals surface area contributed by atoms with E-state index in [1.165, 1.54) is 50.7 Å². The molecule has 4 aliphatic rings. The number of ether oxygens (including phenoxy) is 1. The van der Waals surface area contributed by atoms with Crippen molar-refractivity contribution < 1.29 is 13.9 Å². The first-order chi connectivity index (χ1) is 11.9. The van der Waals surface area contributed by atoms with Crippen LogP contribution in [0, 0.1) is 29.0 Å². The molecule has 0 spiro atoms. The van der Waals surface area contributed by atoms with E-state index in [0.29, 0.717) is 11.2 Å². The number of carbonyl (C=O) groups is 1. The van der Waals surface area contributed by atoms with E-state index in [0.717, 1.165) is 17.8 Å². The summed E-state index contributed by atoms with van der Waals surface area (Å²) in [5.41, 5.74) is 0.292. The molecule has 2 atom stereocenters. The van der Waals surface area contributed by atoms with E-state index < -0.39 is 6.10 Å². The van der Waals surface area contributed by atoms with Crippen molar-refractivity contribution in [2.24, 2.45) is 23.2 Å². The summed E-state index contributed by atoms with van der Waals surface area (Å²) < 4.78 is 18.7. The fraction of sp³-hybridized carbons (Fsp3) is 0.667. The average molecular weight is 345 g/mol. The van der Waals surface area contributed by atoms with E-state index in [9.17, 15) is 9.18 Å². The summed E-state index contributed by atoms with van der Waals surface area (Å²) in [6.07, 6.45) is 7.45. The highest BCUT2D eigenvalue weighted by Gasteiger charge is 2.53. The van der Waals surface area contributed by atoms with Gasteiger partial charge in [0.1, 0.15) is 11.6 Å². The maximum atomic E-state index is 13.0. The van der Waals surface area contributed by atoms with E-state index >= 15 is 0 Å². The second kappa shape index (κ2) is 6.30. The maximum Gasteiger partial charge on any atom is 0.261 e. The van der Waals surface area contributed by atoms with Crippen molar-refractivity contribution in [3.63, 3.8) is 0 Å². The van der Waals surface area contributed by atoms with Gasteiger partial charge in [0.2, 0.25) is 0 Å². The number of hydrogen-bond acceptors (Lipinski definition) is 2. The summed E-state index contributed by atoms with van der Waals surface area (Å²) >= 11 is 0. The van der Waals surface area contributed by atoms with Gasteiger partial charge in [-0.05, 0) is 99.8 Å². The molecule has 5 rings (SSSR count). The lowest BCUT2D eigenvalue weighted by Crippen LogP contribution is -2.57. The quantitative estimate of drug-likeness (QED) is 0.863. The molecular weight excluding hydrogens is 317 g/mol. The van der Waals surface area contributed by atoms with Gasteiger partial charge in [-0.1, -0.05) is 0 Å². The predicted molar refractivity (Wildman–Crippen MR) is 94.7 cm³/mol. The second-order valence-corrected chi connectivity index (χ2v) is 8.72. The van der Waals surface area contributed by atoms with Crippen molar-refractivity contribution in [3.8, 4) is 5.75 Å². The van der Waals surface area contributed by atoms with Crippen molar-refractivity contribution in [2.45, 2.75) is 64.5 Å². The van der Waals surface area contributed by atoms with Crippen LogP contribution in [0.1, 0.15) is 52.4 Å². The largest absolute Gasteiger partial charge is 0.481 e. The Kier molecular flexibility index (Phi) is 4.25. The van der Waals surface area contributed by atoms with Gasteiger partial charge < -0.3 is 10.1 Å². The highest BCUT2D eigenvalue weighted by Crippen LogP contribution is 2.61. The lowest BCUT2D eigenvalue weighted by molar-refractivity contribution is -0.131. The van der Waals surface area contributed by atoms with Gasteiger partial charge in [0.05, 0.1) is 0 Å². The highest BCUT2D eigenvalue weighted by molar-refractivity contribution is 5.81. The molecular formula is C21H28FNO2. The third-order valence-corrected chi connectivity index (χ3v) is 6.86. The molecule has 3 nitrogen and oxygen atoms in total. The molecule has 4 fully saturated rings. The van der Waals surface area contributed by atoms with Gasteiger partial charge in [-0.2, -0.15) is 0 Å². The fourth-order valence-corrected chi connectivity index (χ4v) is 5.96. The van der Waals surface area contributed by atoms with Crippen LogP contribution in [0.3, 0.4) is 0 Å². The number of hydrogen-bond donors (Lipinski definition) is 1. The van der Waals surface area contributed by atoms with Crippen molar-refractivity contribution >= 4 is 5.91 Å². The van der Waals surface area contributed by atoms with E-state index in [1.807, 2.05) is 0 Å². The lowest BCUT2D eigenvalue weighted by Gasteiger charge is -2.59. The Bertz CT molecular complexity index is 607. The van der Waals surface area contributed by atoms with Crippen LogP contribution < -0.4 is 10.1 Å². The summed E-state index contributed by atoms with van der Waals surface area (Å²) in [7, 11) is 0. The van der Waals surface area contributed by atoms with Gasteiger partial charge >= 0.3 is 0 Å². The Balaban J connectivity index is 1.38. The Hall–Kier alpha value is -1.58. The molecule has 1 amide bonds. The molecule has 4 saturated carbocycles. The normalized spacial score (nSPS) is 35.2. The van der Waals surface area contributed by atoms with Crippen LogP contribution in [-0.4, -0.2) is 18.1 Å². The smallest absolute Gasteiger partial charge is 0.261 e. The lowest BCUT2D eigenvalue weighted by atomic mass is 9.48. The standard InChI is InChI=1S/C21H28FNO2/c1-13(25-19-5-3-18(22)4-6-19)20(24)23-14(2)21-10-15-7-16(11-21)9-17(8-15)12-21/h3-6,13-17H,7-12H2,1-2H3,(H,23,24)/t13-,14+,15?,16?,17?,21?/m0/s1. The highest BCUT2D eigenvalue weighted by atomic mass is 19.1. The molecule has 0 saturated heterocycles. The zero-order valence-corrected chi connectivity index (χ0v) is 15.1. The van der Waals surface area contributed by atoms with Crippen LogP contribution in [0.4, 0.5) is 4.39 Å². The molecule has 4 heteroatoms. The molecule has 0 heterocycles. The number of amides is 1. The average Bonchev–Trinajstić information content (AvgIpc) is 2.55. The first-order valence-corrected chi connectivity index (χ1v) is 9.66. The summed E-state index contributed by atoms with van der Waals surface area (Å²) in [6, 6.07) is 5.99. The SMILES string of the molecule is C[C@H](Oc1ccc(F)cc1)C(=O)N[C@H](C)C12CC3CC(CC(C3)C1)C2. The van der Waals surface area contributed by atoms with Gasteiger partial charge in [0.15, 0.2) is 6.10 Å². The Labute approximate surface area is 149 Å². The second-order valence-electron chi connectivity index (χ2n) is 8.72. The van der Waals surface area contributed by atoms with Crippen LogP contribution in [-0.2, 0) is 4.79 Å². The number of benzene rings is 1. The number of carbonyl (C=O) groups excluding carboxylic acids is 1. The van der Waals surface area contributed by atoms with Crippen LogP contribution >= 0.6 is 0 Å². The van der Waals surface area contributed by atoms with E-state index in [4.69, 9.17) is 4.74 Å². The minimum Gasteiger partial charge on any atom is -0.481 e. The molecule has 1 N–H and O–H groups in total. The molecule has 0 aliphatic heterocycles. The minimum absolute atomic E-state index is 0.0763. The predicted octanol–water partition coefficient (Wildman–Crippen LogP) is 4.31. The number of halogens is 1. The summed E-state index contributed by atoms with van der Waals surface area (Å²) in [5, 5.41) is 3.23. The first-order valence-electron chi connectivity index (χ1n) is 9.66. The van der Waals surface area contributed by atoms with Crippen molar-refractivity contribution in [1.82, 2.24) is 5.32 Å². The van der Waals surface area contributed by atoms with Crippen LogP contribution in [0.25, 0.3) is 0 Å². The zero-order chi connectivity index (χ0) is 17.6. The monoisotopic (exact) mass is 345 g/mol. The molecule has 25 heavy (non-hydrogen) atoms. The Morgan fingerprint density at radius 2 is 1.60 bits per heavy atom. The van der Waals surface area contributed by atoms with E-state index in [-0.39, 0.29) is 17.8 Å². The number of nitrogens with one attached hydrogen (secondary N) is 1. The van der Waals surface area contributed by atoms with Gasteiger partial charge in [-0.3, -0.25) is 4.79 Å². The first kappa shape index (κ1) is 16.9. The van der Waals surface area contributed by atoms with Crippen molar-refractivity contribution in [1.29, 1.82) is 0 Å². The van der Waals surface area contributed by atoms with Crippen molar-refractivity contribution in [3.05, 3.63) is 30.1 Å². The van der Waals surface area contributed by atoms with Crippen LogP contribution in [0.5, 0.6) is 5.75 Å². The Morgan fingerprint density at radius 3 is 2.12 bits per heavy atom. The molecule has 0 aromatic heterocycles. The molecule has 4 bridgehead atoms. The van der Waals surface area contributed by atoms with Crippen LogP contribution in [0.15, 0.2) is 24.3 Å². The summed E-state index contributed by atoms with van der Waals surface area (Å²) in [5.74, 6) is 2.76. The maximum absolute atomic E-state index is 13.0. The topological polar surface area (TPSA) is 38.3 Å². The minimum atomic E-state index is -0.582. The van der Waals surface area contributed by atoms with E-state index in [1.54, 1.807) is 19.1 Å². The summed E-state index contributed by atoms with van der Waals surface area (Å²) in [4.78, 5) is 12.6. The van der Waals surface area contributed by atoms with Gasteiger partial charge in [-0.15, -0.1) is 0 Å². The molecule has 0 unspecified atom stereocenters. The van der Waals surface area contributed by atoms with Gasteiger partial charge in [0.25, 0.3) is 5.91 Å². The molecule has 1 aromatic carbocycles.